The minimum absolute atomic E-state index is 0.0175. The maximum atomic E-state index is 9.61. The van der Waals surface area contributed by atoms with Gasteiger partial charge in [-0.3, -0.25) is 0 Å². The highest BCUT2D eigenvalue weighted by atomic mass is 14.6. The molecule has 1 aromatic rings. The molecular formula is C17H20N2. The molecule has 3 rings (SSSR count). The normalized spacial score (nSPS) is 21.6. The smallest absolute Gasteiger partial charge is 0.0975 e. The first kappa shape index (κ1) is 12.3. The van der Waals surface area contributed by atoms with Crippen molar-refractivity contribution in [2.24, 2.45) is 11.1 Å². The second-order valence-electron chi connectivity index (χ2n) is 5.93. The number of nitrogens with two attached hydrogens (primary N) is 1. The van der Waals surface area contributed by atoms with E-state index < -0.39 is 0 Å². The van der Waals surface area contributed by atoms with Crippen LogP contribution in [-0.2, 0) is 6.42 Å². The third-order valence-corrected chi connectivity index (χ3v) is 4.81. The van der Waals surface area contributed by atoms with E-state index in [0.717, 1.165) is 36.1 Å². The lowest BCUT2D eigenvalue weighted by Gasteiger charge is -2.37. The highest BCUT2D eigenvalue weighted by Crippen LogP contribution is 2.49. The molecule has 2 heteroatoms. The van der Waals surface area contributed by atoms with Gasteiger partial charge < -0.3 is 5.73 Å². The fourth-order valence-electron chi connectivity index (χ4n) is 3.82. The first-order valence-corrected chi connectivity index (χ1v) is 7.25. The van der Waals surface area contributed by atoms with Gasteiger partial charge >= 0.3 is 0 Å². The Morgan fingerprint density at radius 2 is 1.74 bits per heavy atom. The zero-order chi connectivity index (χ0) is 13.3. The molecule has 0 saturated heterocycles. The van der Waals surface area contributed by atoms with Gasteiger partial charge in [-0.2, -0.15) is 5.26 Å². The van der Waals surface area contributed by atoms with Crippen LogP contribution in [0.3, 0.4) is 0 Å². The topological polar surface area (TPSA) is 49.8 Å². The van der Waals surface area contributed by atoms with Crippen LogP contribution in [0, 0.1) is 16.7 Å². The Morgan fingerprint density at radius 3 is 2.42 bits per heavy atom. The number of fused-ring (bicyclic) bond motifs is 1. The van der Waals surface area contributed by atoms with Crippen molar-refractivity contribution in [3.05, 3.63) is 41.0 Å². The molecule has 19 heavy (non-hydrogen) atoms. The third-order valence-electron chi connectivity index (χ3n) is 4.81. The molecule has 0 aromatic heterocycles. The van der Waals surface area contributed by atoms with Gasteiger partial charge in [0.25, 0.3) is 0 Å². The number of benzene rings is 1. The predicted molar refractivity (Wildman–Crippen MR) is 77.0 cm³/mol. The Labute approximate surface area is 114 Å². The molecule has 1 aromatic carbocycles. The van der Waals surface area contributed by atoms with Gasteiger partial charge in [0.1, 0.15) is 0 Å². The molecule has 2 aliphatic rings. The quantitative estimate of drug-likeness (QED) is 0.764. The van der Waals surface area contributed by atoms with E-state index in [2.05, 4.69) is 18.2 Å². The minimum Gasteiger partial charge on any atom is -0.397 e. The van der Waals surface area contributed by atoms with Crippen LogP contribution < -0.4 is 5.73 Å². The summed E-state index contributed by atoms with van der Waals surface area (Å²) in [5, 5.41) is 9.61. The standard InChI is InChI=1S/C17H20N2/c18-12-15-16(19)14-8-4-3-7-13(14)11-17(15)9-5-1-2-6-10-17/h3-4,7-8H,1-2,5-6,9-11,19H2. The summed E-state index contributed by atoms with van der Waals surface area (Å²) in [5.74, 6) is 0. The van der Waals surface area contributed by atoms with E-state index in [1.165, 1.54) is 31.2 Å². The van der Waals surface area contributed by atoms with E-state index in [4.69, 9.17) is 5.73 Å². The molecule has 0 radical (unpaired) electrons. The molecule has 2 aliphatic carbocycles. The second kappa shape index (κ2) is 4.74. The van der Waals surface area contributed by atoms with Crippen LogP contribution in [0.4, 0.5) is 0 Å². The maximum absolute atomic E-state index is 9.61. The molecule has 1 saturated carbocycles. The lowest BCUT2D eigenvalue weighted by molar-refractivity contribution is 0.308. The molecule has 2 N–H and O–H groups in total. The van der Waals surface area contributed by atoms with E-state index >= 15 is 0 Å². The fraction of sp³-hybridized carbons (Fsp3) is 0.471. The number of rotatable bonds is 0. The fourth-order valence-corrected chi connectivity index (χ4v) is 3.82. The van der Waals surface area contributed by atoms with Crippen molar-refractivity contribution in [2.75, 3.05) is 0 Å². The molecule has 0 unspecified atom stereocenters. The summed E-state index contributed by atoms with van der Waals surface area (Å²) in [5.41, 5.74) is 10.3. The summed E-state index contributed by atoms with van der Waals surface area (Å²) in [6.45, 7) is 0. The van der Waals surface area contributed by atoms with Gasteiger partial charge in [0, 0.05) is 11.0 Å². The molecule has 2 nitrogen and oxygen atoms in total. The third kappa shape index (κ3) is 1.94. The van der Waals surface area contributed by atoms with Gasteiger partial charge in [0.15, 0.2) is 0 Å². The molecule has 1 fully saturated rings. The van der Waals surface area contributed by atoms with Gasteiger partial charge in [0.05, 0.1) is 17.3 Å². The Morgan fingerprint density at radius 1 is 1.05 bits per heavy atom. The van der Waals surface area contributed by atoms with Crippen LogP contribution in [-0.4, -0.2) is 0 Å². The predicted octanol–water partition coefficient (Wildman–Crippen LogP) is 3.78. The Hall–Kier alpha value is -1.75. The maximum Gasteiger partial charge on any atom is 0.0975 e. The van der Waals surface area contributed by atoms with Crippen molar-refractivity contribution in [2.45, 2.75) is 44.9 Å². The molecule has 0 aliphatic heterocycles. The summed E-state index contributed by atoms with van der Waals surface area (Å²) in [4.78, 5) is 0. The number of nitrogens with zero attached hydrogens (tertiary/aromatic N) is 1. The van der Waals surface area contributed by atoms with E-state index in [1.54, 1.807) is 0 Å². The van der Waals surface area contributed by atoms with Crippen molar-refractivity contribution in [1.29, 1.82) is 5.26 Å². The number of allylic oxidation sites excluding steroid dienone is 1. The summed E-state index contributed by atoms with van der Waals surface area (Å²) >= 11 is 0. The molecule has 0 bridgehead atoms. The second-order valence-corrected chi connectivity index (χ2v) is 5.93. The summed E-state index contributed by atoms with van der Waals surface area (Å²) in [6.07, 6.45) is 8.26. The monoisotopic (exact) mass is 252 g/mol. The first-order valence-electron chi connectivity index (χ1n) is 7.25. The Kier molecular flexibility index (Phi) is 3.06. The summed E-state index contributed by atoms with van der Waals surface area (Å²) in [6, 6.07) is 10.7. The van der Waals surface area contributed by atoms with Crippen LogP contribution >= 0.6 is 0 Å². The zero-order valence-corrected chi connectivity index (χ0v) is 11.3. The SMILES string of the molecule is N#CC1=C(N)c2ccccc2CC12CCCCCC2. The molecule has 1 spiro atoms. The van der Waals surface area contributed by atoms with E-state index in [-0.39, 0.29) is 5.41 Å². The average Bonchev–Trinajstić information content (AvgIpc) is 2.65. The molecule has 0 heterocycles. The Balaban J connectivity index is 2.14. The molecule has 0 atom stereocenters. The van der Waals surface area contributed by atoms with Crippen molar-refractivity contribution in [3.63, 3.8) is 0 Å². The van der Waals surface area contributed by atoms with Crippen molar-refractivity contribution in [3.8, 4) is 6.07 Å². The van der Waals surface area contributed by atoms with Crippen LogP contribution in [0.2, 0.25) is 0 Å². The van der Waals surface area contributed by atoms with Crippen molar-refractivity contribution < 1.29 is 0 Å². The van der Waals surface area contributed by atoms with Gasteiger partial charge in [-0.15, -0.1) is 0 Å². The van der Waals surface area contributed by atoms with Crippen molar-refractivity contribution >= 4 is 5.70 Å². The highest BCUT2D eigenvalue weighted by molar-refractivity contribution is 5.75. The lowest BCUT2D eigenvalue weighted by atomic mass is 9.65. The molecule has 98 valence electrons. The van der Waals surface area contributed by atoms with Crippen molar-refractivity contribution in [1.82, 2.24) is 0 Å². The zero-order valence-electron chi connectivity index (χ0n) is 11.3. The summed E-state index contributed by atoms with van der Waals surface area (Å²) in [7, 11) is 0. The summed E-state index contributed by atoms with van der Waals surface area (Å²) < 4.78 is 0. The van der Waals surface area contributed by atoms with Crippen LogP contribution in [0.5, 0.6) is 0 Å². The average molecular weight is 252 g/mol. The molecular weight excluding hydrogens is 232 g/mol. The Bertz CT molecular complexity index is 555. The van der Waals surface area contributed by atoms with Crippen LogP contribution in [0.1, 0.15) is 49.7 Å². The van der Waals surface area contributed by atoms with Gasteiger partial charge in [-0.05, 0) is 24.8 Å². The number of hydrogen-bond acceptors (Lipinski definition) is 2. The highest BCUT2D eigenvalue weighted by Gasteiger charge is 2.40. The minimum atomic E-state index is 0.0175. The van der Waals surface area contributed by atoms with E-state index in [9.17, 15) is 5.26 Å². The van der Waals surface area contributed by atoms with E-state index in [0.29, 0.717) is 0 Å². The van der Waals surface area contributed by atoms with Gasteiger partial charge in [0.2, 0.25) is 0 Å². The van der Waals surface area contributed by atoms with Gasteiger partial charge in [-0.1, -0.05) is 49.9 Å². The largest absolute Gasteiger partial charge is 0.397 e. The lowest BCUT2D eigenvalue weighted by Crippen LogP contribution is -2.31. The van der Waals surface area contributed by atoms with Gasteiger partial charge in [-0.25, -0.2) is 0 Å². The van der Waals surface area contributed by atoms with Crippen LogP contribution in [0.15, 0.2) is 29.8 Å². The number of hydrogen-bond donors (Lipinski definition) is 1. The first-order chi connectivity index (χ1) is 9.27. The molecule has 0 amide bonds. The van der Waals surface area contributed by atoms with E-state index in [1.807, 2.05) is 12.1 Å². The van der Waals surface area contributed by atoms with Crippen LogP contribution in [0.25, 0.3) is 5.70 Å². The number of nitriles is 1.